The Kier molecular flexibility index (Phi) is 4.50. The van der Waals surface area contributed by atoms with Gasteiger partial charge in [0.15, 0.2) is 0 Å². The third kappa shape index (κ3) is 3.43. The lowest BCUT2D eigenvalue weighted by Crippen LogP contribution is -2.49. The standard InChI is InChI=1S/C18H23N5O2/c1-14-8-15-4-2-3-5-17(15)23(14)18(24)11-21-6-7-25-16(9-21)10-22-13-19-12-20-22/h2-5,12-14,16H,6-11H2,1H3/t14-,16-/m0/s1. The number of ether oxygens (including phenoxy) is 1. The fourth-order valence-electron chi connectivity index (χ4n) is 3.78. The highest BCUT2D eigenvalue weighted by molar-refractivity contribution is 5.97. The van der Waals surface area contributed by atoms with Crippen LogP contribution in [-0.2, 0) is 22.5 Å². The first kappa shape index (κ1) is 16.2. The molecule has 0 aliphatic carbocycles. The summed E-state index contributed by atoms with van der Waals surface area (Å²) in [5.74, 6) is 0.166. The average molecular weight is 341 g/mol. The van der Waals surface area contributed by atoms with Crippen molar-refractivity contribution in [1.82, 2.24) is 19.7 Å². The third-order valence-corrected chi connectivity index (χ3v) is 4.91. The van der Waals surface area contributed by atoms with E-state index in [4.69, 9.17) is 4.74 Å². The topological polar surface area (TPSA) is 63.5 Å². The number of amides is 1. The Labute approximate surface area is 147 Å². The summed E-state index contributed by atoms with van der Waals surface area (Å²) in [6.45, 7) is 5.35. The van der Waals surface area contributed by atoms with Gasteiger partial charge in [0, 0.05) is 24.8 Å². The summed E-state index contributed by atoms with van der Waals surface area (Å²) in [7, 11) is 0. The summed E-state index contributed by atoms with van der Waals surface area (Å²) >= 11 is 0. The Morgan fingerprint density at radius 1 is 1.36 bits per heavy atom. The number of anilines is 1. The van der Waals surface area contributed by atoms with Crippen molar-refractivity contribution < 1.29 is 9.53 Å². The molecule has 0 unspecified atom stereocenters. The molecule has 3 heterocycles. The van der Waals surface area contributed by atoms with Crippen molar-refractivity contribution in [2.24, 2.45) is 0 Å². The van der Waals surface area contributed by atoms with Gasteiger partial charge in [-0.15, -0.1) is 0 Å². The molecule has 1 saturated heterocycles. The molecule has 7 nitrogen and oxygen atoms in total. The molecule has 2 aliphatic rings. The molecule has 0 radical (unpaired) electrons. The molecule has 25 heavy (non-hydrogen) atoms. The second-order valence-electron chi connectivity index (χ2n) is 6.79. The normalized spacial score (nSPS) is 23.6. The van der Waals surface area contributed by atoms with Crippen LogP contribution in [0.15, 0.2) is 36.9 Å². The summed E-state index contributed by atoms with van der Waals surface area (Å²) in [6, 6.07) is 8.42. The first-order chi connectivity index (χ1) is 12.2. The minimum absolute atomic E-state index is 0.0338. The van der Waals surface area contributed by atoms with Crippen molar-refractivity contribution in [2.45, 2.75) is 32.0 Å². The first-order valence-corrected chi connectivity index (χ1v) is 8.77. The molecule has 1 amide bonds. The minimum Gasteiger partial charge on any atom is -0.374 e. The Morgan fingerprint density at radius 3 is 3.08 bits per heavy atom. The van der Waals surface area contributed by atoms with Crippen LogP contribution in [-0.4, -0.2) is 64.0 Å². The van der Waals surface area contributed by atoms with E-state index < -0.39 is 0 Å². The maximum atomic E-state index is 12.9. The van der Waals surface area contributed by atoms with Crippen LogP contribution in [0.4, 0.5) is 5.69 Å². The van der Waals surface area contributed by atoms with Crippen molar-refractivity contribution in [2.75, 3.05) is 31.1 Å². The number of fused-ring (bicyclic) bond motifs is 1. The van der Waals surface area contributed by atoms with E-state index in [1.807, 2.05) is 23.1 Å². The molecule has 0 bridgehead atoms. The highest BCUT2D eigenvalue weighted by Crippen LogP contribution is 2.31. The lowest BCUT2D eigenvalue weighted by Gasteiger charge is -2.34. The second-order valence-corrected chi connectivity index (χ2v) is 6.79. The zero-order valence-electron chi connectivity index (χ0n) is 14.4. The summed E-state index contributed by atoms with van der Waals surface area (Å²) in [6.07, 6.45) is 4.18. The largest absolute Gasteiger partial charge is 0.374 e. The molecule has 4 rings (SSSR count). The molecule has 0 saturated carbocycles. The lowest BCUT2D eigenvalue weighted by molar-refractivity contribution is -0.122. The van der Waals surface area contributed by atoms with Crippen LogP contribution < -0.4 is 4.90 Å². The number of hydrogen-bond donors (Lipinski definition) is 0. The van der Waals surface area contributed by atoms with E-state index in [1.165, 1.54) is 11.9 Å². The van der Waals surface area contributed by atoms with Crippen LogP contribution in [0.1, 0.15) is 12.5 Å². The van der Waals surface area contributed by atoms with Gasteiger partial charge in [0.25, 0.3) is 0 Å². The van der Waals surface area contributed by atoms with E-state index in [0.717, 1.165) is 25.2 Å². The maximum Gasteiger partial charge on any atom is 0.241 e. The van der Waals surface area contributed by atoms with Gasteiger partial charge < -0.3 is 9.64 Å². The van der Waals surface area contributed by atoms with Crippen molar-refractivity contribution in [3.05, 3.63) is 42.5 Å². The number of morpholine rings is 1. The molecule has 2 atom stereocenters. The van der Waals surface area contributed by atoms with Gasteiger partial charge in [0.2, 0.25) is 5.91 Å². The average Bonchev–Trinajstić information content (AvgIpc) is 3.21. The number of hydrogen-bond acceptors (Lipinski definition) is 5. The van der Waals surface area contributed by atoms with Crippen LogP contribution >= 0.6 is 0 Å². The van der Waals surface area contributed by atoms with Crippen molar-refractivity contribution in [1.29, 1.82) is 0 Å². The molecule has 132 valence electrons. The highest BCUT2D eigenvalue weighted by atomic mass is 16.5. The van der Waals surface area contributed by atoms with Crippen LogP contribution in [0.5, 0.6) is 0 Å². The van der Waals surface area contributed by atoms with Gasteiger partial charge in [-0.3, -0.25) is 14.4 Å². The number of rotatable bonds is 4. The van der Waals surface area contributed by atoms with E-state index >= 15 is 0 Å². The van der Waals surface area contributed by atoms with Gasteiger partial charge in [0.1, 0.15) is 12.7 Å². The lowest BCUT2D eigenvalue weighted by atomic mass is 10.1. The summed E-state index contributed by atoms with van der Waals surface area (Å²) in [5.41, 5.74) is 2.32. The van der Waals surface area contributed by atoms with Crippen molar-refractivity contribution in [3.8, 4) is 0 Å². The van der Waals surface area contributed by atoms with Gasteiger partial charge in [0.05, 0.1) is 25.8 Å². The fraction of sp³-hybridized carbons (Fsp3) is 0.500. The SMILES string of the molecule is C[C@H]1Cc2ccccc2N1C(=O)CN1CCO[C@H](Cn2cncn2)C1. The molecule has 2 aromatic rings. The van der Waals surface area contributed by atoms with Crippen LogP contribution in [0.2, 0.25) is 0 Å². The number of nitrogens with zero attached hydrogens (tertiary/aromatic N) is 5. The van der Waals surface area contributed by atoms with Gasteiger partial charge >= 0.3 is 0 Å². The predicted molar refractivity (Wildman–Crippen MR) is 93.3 cm³/mol. The Balaban J connectivity index is 1.39. The van der Waals surface area contributed by atoms with E-state index in [-0.39, 0.29) is 18.1 Å². The Bertz CT molecular complexity index is 733. The van der Waals surface area contributed by atoms with Crippen molar-refractivity contribution >= 4 is 11.6 Å². The Hall–Kier alpha value is -2.25. The molecule has 0 spiro atoms. The van der Waals surface area contributed by atoms with Gasteiger partial charge in [-0.2, -0.15) is 5.10 Å². The molecular weight excluding hydrogens is 318 g/mol. The highest BCUT2D eigenvalue weighted by Gasteiger charge is 2.32. The molecular formula is C18H23N5O2. The molecule has 7 heteroatoms. The number of aromatic nitrogens is 3. The van der Waals surface area contributed by atoms with Crippen LogP contribution in [0, 0.1) is 0 Å². The maximum absolute atomic E-state index is 12.9. The van der Waals surface area contributed by atoms with E-state index in [0.29, 0.717) is 19.7 Å². The second kappa shape index (κ2) is 6.93. The van der Waals surface area contributed by atoms with E-state index in [2.05, 4.69) is 28.0 Å². The monoisotopic (exact) mass is 341 g/mol. The van der Waals surface area contributed by atoms with Crippen LogP contribution in [0.3, 0.4) is 0 Å². The summed E-state index contributed by atoms with van der Waals surface area (Å²) in [4.78, 5) is 21.0. The quantitative estimate of drug-likeness (QED) is 0.829. The summed E-state index contributed by atoms with van der Waals surface area (Å²) < 4.78 is 7.58. The van der Waals surface area contributed by atoms with Crippen molar-refractivity contribution in [3.63, 3.8) is 0 Å². The van der Waals surface area contributed by atoms with Crippen LogP contribution in [0.25, 0.3) is 0 Å². The molecule has 1 fully saturated rings. The fourth-order valence-corrected chi connectivity index (χ4v) is 3.78. The Morgan fingerprint density at radius 2 is 2.24 bits per heavy atom. The summed E-state index contributed by atoms with van der Waals surface area (Å²) in [5, 5.41) is 4.13. The van der Waals surface area contributed by atoms with Gasteiger partial charge in [-0.05, 0) is 25.0 Å². The molecule has 1 aromatic carbocycles. The minimum atomic E-state index is 0.0338. The zero-order chi connectivity index (χ0) is 17.2. The molecule has 1 aromatic heterocycles. The number of carbonyl (C=O) groups is 1. The number of benzene rings is 1. The number of carbonyl (C=O) groups excluding carboxylic acids is 1. The number of para-hydroxylation sites is 1. The van der Waals surface area contributed by atoms with E-state index in [1.54, 1.807) is 11.0 Å². The first-order valence-electron chi connectivity index (χ1n) is 8.77. The van der Waals surface area contributed by atoms with E-state index in [9.17, 15) is 4.79 Å². The smallest absolute Gasteiger partial charge is 0.241 e. The van der Waals surface area contributed by atoms with Gasteiger partial charge in [-0.1, -0.05) is 18.2 Å². The predicted octanol–water partition coefficient (Wildman–Crippen LogP) is 0.957. The molecule has 2 aliphatic heterocycles. The zero-order valence-corrected chi connectivity index (χ0v) is 14.4. The molecule has 0 N–H and O–H groups in total. The third-order valence-electron chi connectivity index (χ3n) is 4.91. The van der Waals surface area contributed by atoms with Gasteiger partial charge in [-0.25, -0.2) is 4.98 Å².